The van der Waals surface area contributed by atoms with E-state index in [9.17, 15) is 14.6 Å². The van der Waals surface area contributed by atoms with Crippen molar-refractivity contribution in [2.24, 2.45) is 0 Å². The SMILES string of the molecule is Cc1cc(CCC(C)(C)NNC(=O)c2ccc3c(c2)B(O)OC3)cc(C(=O)Cl)c1. The van der Waals surface area contributed by atoms with Crippen LogP contribution in [0, 0.1) is 6.92 Å². The highest BCUT2D eigenvalue weighted by Gasteiger charge is 2.28. The highest BCUT2D eigenvalue weighted by Crippen LogP contribution is 2.18. The number of nitrogens with one attached hydrogen (secondary N) is 2. The second kappa shape index (κ2) is 8.67. The number of fused-ring (bicyclic) bond motifs is 1. The predicted octanol–water partition coefficient (Wildman–Crippen LogP) is 2.24. The van der Waals surface area contributed by atoms with E-state index in [0.717, 1.165) is 29.5 Å². The fourth-order valence-corrected chi connectivity index (χ4v) is 3.40. The van der Waals surface area contributed by atoms with Gasteiger partial charge in [-0.3, -0.25) is 15.0 Å². The largest absolute Gasteiger partial charge is 0.491 e. The molecule has 0 aromatic heterocycles. The Labute approximate surface area is 175 Å². The Bertz CT molecular complexity index is 948. The number of hydrazine groups is 1. The smallest absolute Gasteiger partial charge is 0.423 e. The van der Waals surface area contributed by atoms with Crippen molar-refractivity contribution in [2.75, 3.05) is 0 Å². The highest BCUT2D eigenvalue weighted by atomic mass is 35.5. The van der Waals surface area contributed by atoms with E-state index >= 15 is 0 Å². The molecule has 29 heavy (non-hydrogen) atoms. The summed E-state index contributed by atoms with van der Waals surface area (Å²) in [6, 6.07) is 10.7. The third kappa shape index (κ3) is 5.45. The van der Waals surface area contributed by atoms with Crippen LogP contribution in [0.2, 0.25) is 0 Å². The van der Waals surface area contributed by atoms with Crippen molar-refractivity contribution in [3.63, 3.8) is 0 Å². The minimum atomic E-state index is -0.985. The lowest BCUT2D eigenvalue weighted by Gasteiger charge is -2.27. The third-order valence-electron chi connectivity index (χ3n) is 4.99. The monoisotopic (exact) mass is 414 g/mol. The molecule has 1 heterocycles. The van der Waals surface area contributed by atoms with Crippen LogP contribution in [-0.2, 0) is 17.7 Å². The maximum Gasteiger partial charge on any atom is 0.491 e. The molecular weight excluding hydrogens is 391 g/mol. The van der Waals surface area contributed by atoms with Crippen molar-refractivity contribution in [2.45, 2.75) is 45.8 Å². The molecule has 0 aliphatic carbocycles. The Kier molecular flexibility index (Phi) is 6.44. The molecule has 0 radical (unpaired) electrons. The van der Waals surface area contributed by atoms with Gasteiger partial charge in [-0.25, -0.2) is 5.43 Å². The first-order chi connectivity index (χ1) is 13.6. The van der Waals surface area contributed by atoms with Crippen LogP contribution >= 0.6 is 11.6 Å². The van der Waals surface area contributed by atoms with Crippen molar-refractivity contribution in [3.05, 3.63) is 64.2 Å². The quantitative estimate of drug-likeness (QED) is 0.367. The molecule has 0 bridgehead atoms. The molecule has 2 aromatic rings. The van der Waals surface area contributed by atoms with Crippen LogP contribution in [0.5, 0.6) is 0 Å². The standard InChI is InChI=1S/C21H24BClN2O4/c1-13-8-14(10-17(9-13)19(23)26)6-7-21(2,3)25-24-20(27)15-4-5-16-12-29-22(28)18(16)11-15/h4-5,8-11,25,28H,6-7,12H2,1-3H3,(H,24,27). The number of benzene rings is 2. The number of hydrogen-bond donors (Lipinski definition) is 3. The third-order valence-corrected chi connectivity index (χ3v) is 5.21. The summed E-state index contributed by atoms with van der Waals surface area (Å²) < 4.78 is 5.16. The molecular formula is C21H24BClN2O4. The second-order valence-corrected chi connectivity index (χ2v) is 8.36. The number of halogens is 1. The minimum Gasteiger partial charge on any atom is -0.423 e. The van der Waals surface area contributed by atoms with E-state index in [0.29, 0.717) is 23.2 Å². The summed E-state index contributed by atoms with van der Waals surface area (Å²) in [7, 11) is -0.985. The zero-order chi connectivity index (χ0) is 21.2. The van der Waals surface area contributed by atoms with Crippen LogP contribution in [-0.4, -0.2) is 28.8 Å². The molecule has 6 nitrogen and oxygen atoms in total. The van der Waals surface area contributed by atoms with Crippen LogP contribution in [0.4, 0.5) is 0 Å². The topological polar surface area (TPSA) is 87.7 Å². The summed E-state index contributed by atoms with van der Waals surface area (Å²) in [4.78, 5) is 23.9. The summed E-state index contributed by atoms with van der Waals surface area (Å²) in [6.45, 7) is 6.24. The first-order valence-corrected chi connectivity index (χ1v) is 9.83. The van der Waals surface area contributed by atoms with Gasteiger partial charge in [-0.15, -0.1) is 0 Å². The number of carbonyl (C=O) groups excluding carboxylic acids is 2. The molecule has 0 unspecified atom stereocenters. The number of amides is 1. The van der Waals surface area contributed by atoms with E-state index in [2.05, 4.69) is 10.9 Å². The van der Waals surface area contributed by atoms with Gasteiger partial charge in [-0.1, -0.05) is 17.7 Å². The fourth-order valence-electron chi connectivity index (χ4n) is 3.29. The van der Waals surface area contributed by atoms with E-state index in [4.69, 9.17) is 16.3 Å². The van der Waals surface area contributed by atoms with Crippen LogP contribution in [0.15, 0.2) is 36.4 Å². The molecule has 3 rings (SSSR count). The average molecular weight is 415 g/mol. The normalized spacial score (nSPS) is 13.3. The van der Waals surface area contributed by atoms with Crippen molar-refractivity contribution in [3.8, 4) is 0 Å². The van der Waals surface area contributed by atoms with Crippen LogP contribution in [0.3, 0.4) is 0 Å². The summed E-state index contributed by atoms with van der Waals surface area (Å²) in [6.07, 6.45) is 1.44. The molecule has 2 aromatic carbocycles. The molecule has 0 saturated heterocycles. The van der Waals surface area contributed by atoms with Gasteiger partial charge in [0, 0.05) is 16.7 Å². The minimum absolute atomic E-state index is 0.287. The molecule has 0 spiro atoms. The lowest BCUT2D eigenvalue weighted by atomic mass is 9.79. The van der Waals surface area contributed by atoms with Gasteiger partial charge in [0.1, 0.15) is 0 Å². The lowest BCUT2D eigenvalue weighted by molar-refractivity contribution is 0.0908. The van der Waals surface area contributed by atoms with E-state index in [-0.39, 0.29) is 11.4 Å². The molecule has 3 N–H and O–H groups in total. The van der Waals surface area contributed by atoms with Crippen molar-refractivity contribution in [1.82, 2.24) is 10.9 Å². The van der Waals surface area contributed by atoms with Gasteiger partial charge in [0.25, 0.3) is 11.1 Å². The number of carbonyl (C=O) groups is 2. The Balaban J connectivity index is 1.58. The highest BCUT2D eigenvalue weighted by molar-refractivity contribution is 6.67. The van der Waals surface area contributed by atoms with Gasteiger partial charge in [0.05, 0.1) is 6.61 Å². The summed E-state index contributed by atoms with van der Waals surface area (Å²) in [5.74, 6) is -0.287. The van der Waals surface area contributed by atoms with E-state index < -0.39 is 12.4 Å². The van der Waals surface area contributed by atoms with Crippen LogP contribution in [0.25, 0.3) is 0 Å². The Morgan fingerprint density at radius 2 is 1.97 bits per heavy atom. The van der Waals surface area contributed by atoms with Crippen molar-refractivity contribution < 1.29 is 19.3 Å². The summed E-state index contributed by atoms with van der Waals surface area (Å²) in [5, 5.41) is 9.33. The molecule has 0 fully saturated rings. The van der Waals surface area contributed by atoms with Gasteiger partial charge in [0.2, 0.25) is 0 Å². The molecule has 1 aliphatic rings. The molecule has 1 aliphatic heterocycles. The molecule has 152 valence electrons. The van der Waals surface area contributed by atoms with Gasteiger partial charge in [-0.2, -0.15) is 0 Å². The van der Waals surface area contributed by atoms with Crippen molar-refractivity contribution >= 4 is 35.3 Å². The maximum atomic E-state index is 12.5. The number of rotatable bonds is 7. The Morgan fingerprint density at radius 3 is 2.69 bits per heavy atom. The zero-order valence-corrected chi connectivity index (χ0v) is 17.5. The van der Waals surface area contributed by atoms with Gasteiger partial charge >= 0.3 is 7.12 Å². The second-order valence-electron chi connectivity index (χ2n) is 8.02. The summed E-state index contributed by atoms with van der Waals surface area (Å²) in [5.41, 5.74) is 9.86. The van der Waals surface area contributed by atoms with Gasteiger partial charge in [-0.05, 0) is 86.1 Å². The average Bonchev–Trinajstić information content (AvgIpc) is 3.04. The van der Waals surface area contributed by atoms with Crippen LogP contribution in [0.1, 0.15) is 57.7 Å². The lowest BCUT2D eigenvalue weighted by Crippen LogP contribution is -2.51. The molecule has 0 atom stereocenters. The first kappa shape index (κ1) is 21.5. The molecule has 1 amide bonds. The van der Waals surface area contributed by atoms with Gasteiger partial charge < -0.3 is 9.68 Å². The van der Waals surface area contributed by atoms with Gasteiger partial charge in [0.15, 0.2) is 0 Å². The fraction of sp³-hybridized carbons (Fsp3) is 0.333. The predicted molar refractivity (Wildman–Crippen MR) is 113 cm³/mol. The van der Waals surface area contributed by atoms with E-state index in [1.807, 2.05) is 26.8 Å². The Morgan fingerprint density at radius 1 is 1.21 bits per heavy atom. The number of hydrogen-bond acceptors (Lipinski definition) is 5. The zero-order valence-electron chi connectivity index (χ0n) is 16.7. The van der Waals surface area contributed by atoms with E-state index in [1.165, 1.54) is 0 Å². The Hall–Kier alpha value is -2.19. The molecule has 0 saturated carbocycles. The van der Waals surface area contributed by atoms with Crippen molar-refractivity contribution in [1.29, 1.82) is 0 Å². The first-order valence-electron chi connectivity index (χ1n) is 9.45. The van der Waals surface area contributed by atoms with Crippen LogP contribution < -0.4 is 16.3 Å². The molecule has 8 heteroatoms. The summed E-state index contributed by atoms with van der Waals surface area (Å²) >= 11 is 5.60. The maximum absolute atomic E-state index is 12.5. The number of aryl methyl sites for hydroxylation is 2. The van der Waals surface area contributed by atoms with E-state index in [1.54, 1.807) is 30.3 Å².